The van der Waals surface area contributed by atoms with Crippen LogP contribution in [0.4, 0.5) is 13.2 Å². The molecule has 0 aromatic rings. The summed E-state index contributed by atoms with van der Waals surface area (Å²) in [5.74, 6) is -0.595. The molecule has 0 amide bonds. The van der Waals surface area contributed by atoms with Crippen LogP contribution < -0.4 is 0 Å². The van der Waals surface area contributed by atoms with Gasteiger partial charge in [0.25, 0.3) is 0 Å². The molecule has 0 heterocycles. The first kappa shape index (κ1) is 14.3. The number of alkyl halides is 3. The molecular weight excluding hydrogens is 235 g/mol. The van der Waals surface area contributed by atoms with E-state index < -0.39 is 18.7 Å². The van der Waals surface area contributed by atoms with Crippen LogP contribution in [0.25, 0.3) is 0 Å². The zero-order valence-corrected chi connectivity index (χ0v) is 9.67. The van der Waals surface area contributed by atoms with Crippen molar-refractivity contribution in [3.8, 4) is 0 Å². The van der Waals surface area contributed by atoms with Gasteiger partial charge in [-0.3, -0.25) is 9.69 Å². The quantitative estimate of drug-likeness (QED) is 0.758. The van der Waals surface area contributed by atoms with Crippen molar-refractivity contribution >= 4 is 5.97 Å². The molecule has 0 spiro atoms. The topological polar surface area (TPSA) is 40.5 Å². The second kappa shape index (κ2) is 6.23. The Kier molecular flexibility index (Phi) is 5.24. The standard InChI is InChI=1S/C11H18F3NO2/c12-11(13,14)8-15(6-2-5-10(16)17)7-9-3-1-4-9/h9H,1-8H2,(H,16,17). The third-order valence-electron chi connectivity index (χ3n) is 3.01. The highest BCUT2D eigenvalue weighted by atomic mass is 19.4. The summed E-state index contributed by atoms with van der Waals surface area (Å²) < 4.78 is 36.9. The summed E-state index contributed by atoms with van der Waals surface area (Å²) in [5.41, 5.74) is 0. The molecule has 0 unspecified atom stereocenters. The van der Waals surface area contributed by atoms with E-state index in [1.165, 1.54) is 4.90 Å². The number of halogens is 3. The average molecular weight is 253 g/mol. The lowest BCUT2D eigenvalue weighted by atomic mass is 9.85. The largest absolute Gasteiger partial charge is 0.481 e. The van der Waals surface area contributed by atoms with Crippen LogP contribution >= 0.6 is 0 Å². The van der Waals surface area contributed by atoms with E-state index in [0.29, 0.717) is 12.5 Å². The zero-order valence-electron chi connectivity index (χ0n) is 9.67. The lowest BCUT2D eigenvalue weighted by Gasteiger charge is -2.32. The molecule has 1 aliphatic carbocycles. The maximum absolute atomic E-state index is 12.3. The van der Waals surface area contributed by atoms with E-state index >= 15 is 0 Å². The monoisotopic (exact) mass is 253 g/mol. The second-order valence-electron chi connectivity index (χ2n) is 4.64. The Morgan fingerprint density at radius 2 is 2.00 bits per heavy atom. The first-order valence-electron chi connectivity index (χ1n) is 5.88. The average Bonchev–Trinajstić information content (AvgIpc) is 2.07. The first-order chi connectivity index (χ1) is 7.87. The number of aliphatic carboxylic acids is 1. The van der Waals surface area contributed by atoms with E-state index in [4.69, 9.17) is 5.11 Å². The third kappa shape index (κ3) is 6.51. The van der Waals surface area contributed by atoms with Gasteiger partial charge in [0.15, 0.2) is 0 Å². The molecule has 6 heteroatoms. The fourth-order valence-corrected chi connectivity index (χ4v) is 1.98. The van der Waals surface area contributed by atoms with Crippen molar-refractivity contribution in [2.75, 3.05) is 19.6 Å². The molecule has 1 aliphatic rings. The van der Waals surface area contributed by atoms with Gasteiger partial charge in [0.05, 0.1) is 6.54 Å². The van der Waals surface area contributed by atoms with Gasteiger partial charge in [0.1, 0.15) is 0 Å². The highest BCUT2D eigenvalue weighted by molar-refractivity contribution is 5.66. The lowest BCUT2D eigenvalue weighted by Crippen LogP contribution is -2.39. The number of carbonyl (C=O) groups is 1. The number of carboxylic acids is 1. The van der Waals surface area contributed by atoms with Gasteiger partial charge in [-0.25, -0.2) is 0 Å². The number of hydrogen-bond donors (Lipinski definition) is 1. The molecule has 100 valence electrons. The Morgan fingerprint density at radius 1 is 1.35 bits per heavy atom. The molecule has 1 saturated carbocycles. The molecule has 0 saturated heterocycles. The number of carboxylic acid groups (broad SMARTS) is 1. The van der Waals surface area contributed by atoms with Gasteiger partial charge >= 0.3 is 12.1 Å². The minimum Gasteiger partial charge on any atom is -0.481 e. The van der Waals surface area contributed by atoms with Gasteiger partial charge in [-0.05, 0) is 31.7 Å². The van der Waals surface area contributed by atoms with Gasteiger partial charge in [0, 0.05) is 13.0 Å². The molecule has 1 N–H and O–H groups in total. The van der Waals surface area contributed by atoms with Crippen LogP contribution in [0.1, 0.15) is 32.1 Å². The van der Waals surface area contributed by atoms with Crippen LogP contribution in [-0.2, 0) is 4.79 Å². The normalized spacial score (nSPS) is 17.2. The van der Waals surface area contributed by atoms with Crippen LogP contribution in [0.3, 0.4) is 0 Å². The third-order valence-corrected chi connectivity index (χ3v) is 3.01. The van der Waals surface area contributed by atoms with E-state index in [9.17, 15) is 18.0 Å². The van der Waals surface area contributed by atoms with Crippen LogP contribution in [0, 0.1) is 5.92 Å². The number of rotatable bonds is 7. The van der Waals surface area contributed by atoms with Gasteiger partial charge in [-0.15, -0.1) is 0 Å². The Bertz CT molecular complexity index is 252. The van der Waals surface area contributed by atoms with Crippen molar-refractivity contribution in [2.24, 2.45) is 5.92 Å². The van der Waals surface area contributed by atoms with E-state index in [0.717, 1.165) is 19.3 Å². The van der Waals surface area contributed by atoms with Gasteiger partial charge in [0.2, 0.25) is 0 Å². The summed E-state index contributed by atoms with van der Waals surface area (Å²) in [7, 11) is 0. The van der Waals surface area contributed by atoms with Crippen molar-refractivity contribution in [2.45, 2.75) is 38.3 Å². The Balaban J connectivity index is 2.31. The van der Waals surface area contributed by atoms with Crippen LogP contribution in [0.2, 0.25) is 0 Å². The molecule has 0 aromatic heterocycles. The molecule has 1 rings (SSSR count). The van der Waals surface area contributed by atoms with Crippen LogP contribution in [-0.4, -0.2) is 41.8 Å². The zero-order chi connectivity index (χ0) is 12.9. The van der Waals surface area contributed by atoms with Crippen LogP contribution in [0.5, 0.6) is 0 Å². The van der Waals surface area contributed by atoms with Crippen LogP contribution in [0.15, 0.2) is 0 Å². The fourth-order valence-electron chi connectivity index (χ4n) is 1.98. The first-order valence-corrected chi connectivity index (χ1v) is 5.88. The minimum absolute atomic E-state index is 0.0704. The SMILES string of the molecule is O=C(O)CCCN(CC1CCC1)CC(F)(F)F. The number of hydrogen-bond acceptors (Lipinski definition) is 2. The predicted molar refractivity (Wildman–Crippen MR) is 56.7 cm³/mol. The van der Waals surface area contributed by atoms with Crippen molar-refractivity contribution < 1.29 is 23.1 Å². The highest BCUT2D eigenvalue weighted by Crippen LogP contribution is 2.28. The smallest absolute Gasteiger partial charge is 0.401 e. The number of nitrogens with zero attached hydrogens (tertiary/aromatic N) is 1. The van der Waals surface area contributed by atoms with Gasteiger partial charge in [-0.2, -0.15) is 13.2 Å². The molecular formula is C11H18F3NO2. The van der Waals surface area contributed by atoms with E-state index in [1.54, 1.807) is 0 Å². The van der Waals surface area contributed by atoms with Crippen molar-refractivity contribution in [3.63, 3.8) is 0 Å². The lowest BCUT2D eigenvalue weighted by molar-refractivity contribution is -0.148. The molecule has 0 aliphatic heterocycles. The minimum atomic E-state index is -4.20. The Labute approximate surface area is 98.6 Å². The molecule has 17 heavy (non-hydrogen) atoms. The van der Waals surface area contributed by atoms with E-state index in [2.05, 4.69) is 0 Å². The summed E-state index contributed by atoms with van der Waals surface area (Å²) in [6.45, 7) is -0.273. The van der Waals surface area contributed by atoms with Gasteiger partial charge < -0.3 is 5.11 Å². The summed E-state index contributed by atoms with van der Waals surface area (Å²) >= 11 is 0. The molecule has 1 fully saturated rings. The maximum Gasteiger partial charge on any atom is 0.401 e. The van der Waals surface area contributed by atoms with Gasteiger partial charge in [-0.1, -0.05) is 6.42 Å². The Hall–Kier alpha value is -0.780. The molecule has 0 aromatic carbocycles. The fraction of sp³-hybridized carbons (Fsp3) is 0.909. The molecule has 3 nitrogen and oxygen atoms in total. The predicted octanol–water partition coefficient (Wildman–Crippen LogP) is 2.52. The highest BCUT2D eigenvalue weighted by Gasteiger charge is 2.32. The molecule has 0 bridgehead atoms. The van der Waals surface area contributed by atoms with Crippen molar-refractivity contribution in [1.29, 1.82) is 0 Å². The summed E-state index contributed by atoms with van der Waals surface area (Å²) in [4.78, 5) is 11.7. The summed E-state index contributed by atoms with van der Waals surface area (Å²) in [6.07, 6.45) is -0.912. The second-order valence-corrected chi connectivity index (χ2v) is 4.64. The van der Waals surface area contributed by atoms with Crippen molar-refractivity contribution in [3.05, 3.63) is 0 Å². The van der Waals surface area contributed by atoms with E-state index in [-0.39, 0.29) is 19.4 Å². The van der Waals surface area contributed by atoms with E-state index in [1.807, 2.05) is 0 Å². The summed E-state index contributed by atoms with van der Waals surface area (Å²) in [5, 5.41) is 8.46. The van der Waals surface area contributed by atoms with Crippen molar-refractivity contribution in [1.82, 2.24) is 4.90 Å². The molecule has 0 atom stereocenters. The Morgan fingerprint density at radius 3 is 2.41 bits per heavy atom. The summed E-state index contributed by atoms with van der Waals surface area (Å²) in [6, 6.07) is 0. The maximum atomic E-state index is 12.3. The molecule has 0 radical (unpaired) electrons.